The Labute approximate surface area is 135 Å². The average Bonchev–Trinajstić information content (AvgIpc) is 3.08. The maximum absolute atomic E-state index is 11.9. The topological polar surface area (TPSA) is 76.2 Å². The van der Waals surface area contributed by atoms with Crippen molar-refractivity contribution in [2.45, 2.75) is 38.8 Å². The van der Waals surface area contributed by atoms with E-state index >= 15 is 0 Å². The van der Waals surface area contributed by atoms with E-state index in [0.717, 1.165) is 31.7 Å². The molecule has 0 bridgehead atoms. The number of hydrogen-bond donors (Lipinski definition) is 1. The molecule has 3 rings (SSSR count). The van der Waals surface area contributed by atoms with E-state index in [1.54, 1.807) is 29.3 Å². The molecule has 0 aliphatic carbocycles. The fourth-order valence-corrected chi connectivity index (χ4v) is 3.04. The number of hydrogen-bond acceptors (Lipinski definition) is 6. The Morgan fingerprint density at radius 1 is 1.35 bits per heavy atom. The summed E-state index contributed by atoms with van der Waals surface area (Å²) < 4.78 is 6.78. The summed E-state index contributed by atoms with van der Waals surface area (Å²) in [6, 6.07) is 4.33. The fraction of sp³-hybridized carbons (Fsp3) is 0.562. The van der Waals surface area contributed by atoms with Gasteiger partial charge >= 0.3 is 0 Å². The van der Waals surface area contributed by atoms with E-state index in [-0.39, 0.29) is 5.56 Å². The highest BCUT2D eigenvalue weighted by Gasteiger charge is 2.22. The second kappa shape index (κ2) is 7.41. The predicted octanol–water partition coefficient (Wildman–Crippen LogP) is 1.51. The van der Waals surface area contributed by atoms with Crippen molar-refractivity contribution in [3.63, 3.8) is 0 Å². The van der Waals surface area contributed by atoms with Gasteiger partial charge in [-0.05, 0) is 32.4 Å². The molecule has 3 heterocycles. The number of aromatic nitrogens is 3. The minimum Gasteiger partial charge on any atom is -0.432 e. The highest BCUT2D eigenvalue weighted by atomic mass is 16.4. The Bertz CT molecular complexity index is 667. The van der Waals surface area contributed by atoms with Crippen LogP contribution >= 0.6 is 0 Å². The van der Waals surface area contributed by atoms with Crippen LogP contribution < -0.4 is 10.9 Å². The second-order valence-electron chi connectivity index (χ2n) is 5.94. The zero-order valence-electron chi connectivity index (χ0n) is 13.4. The highest BCUT2D eigenvalue weighted by Crippen LogP contribution is 2.17. The van der Waals surface area contributed by atoms with Crippen molar-refractivity contribution in [3.05, 3.63) is 40.6 Å². The summed E-state index contributed by atoms with van der Waals surface area (Å²) in [5.74, 6) is 0. The van der Waals surface area contributed by atoms with Crippen molar-refractivity contribution in [1.29, 1.82) is 0 Å². The van der Waals surface area contributed by atoms with Crippen LogP contribution in [-0.2, 0) is 6.54 Å². The van der Waals surface area contributed by atoms with Gasteiger partial charge < -0.3 is 9.73 Å². The van der Waals surface area contributed by atoms with Crippen molar-refractivity contribution in [1.82, 2.24) is 19.7 Å². The normalized spacial score (nSPS) is 18.9. The Morgan fingerprint density at radius 3 is 3.09 bits per heavy atom. The quantitative estimate of drug-likeness (QED) is 0.870. The number of oxazole rings is 1. The molecule has 1 N–H and O–H groups in total. The first kappa shape index (κ1) is 15.7. The molecule has 2 aromatic rings. The molecule has 1 saturated heterocycles. The first-order valence-corrected chi connectivity index (χ1v) is 8.14. The van der Waals surface area contributed by atoms with Gasteiger partial charge in [-0.2, -0.15) is 5.10 Å². The summed E-state index contributed by atoms with van der Waals surface area (Å²) in [4.78, 5) is 18.4. The molecule has 23 heavy (non-hydrogen) atoms. The molecule has 1 aliphatic heterocycles. The number of anilines is 1. The Morgan fingerprint density at radius 2 is 2.26 bits per heavy atom. The van der Waals surface area contributed by atoms with E-state index in [4.69, 9.17) is 4.42 Å². The highest BCUT2D eigenvalue weighted by molar-refractivity contribution is 5.18. The minimum atomic E-state index is -0.0398. The summed E-state index contributed by atoms with van der Waals surface area (Å²) in [6.45, 7) is 5.21. The number of piperidine rings is 1. The van der Waals surface area contributed by atoms with E-state index in [1.807, 2.05) is 6.92 Å². The van der Waals surface area contributed by atoms with Crippen molar-refractivity contribution in [2.75, 3.05) is 25.0 Å². The van der Waals surface area contributed by atoms with Gasteiger partial charge in [0, 0.05) is 25.2 Å². The predicted molar refractivity (Wildman–Crippen MR) is 87.4 cm³/mol. The van der Waals surface area contributed by atoms with Crippen LogP contribution in [0.2, 0.25) is 0 Å². The monoisotopic (exact) mass is 317 g/mol. The number of nitrogens with zero attached hydrogens (tertiary/aromatic N) is 4. The van der Waals surface area contributed by atoms with Crippen LogP contribution in [0.4, 0.5) is 6.01 Å². The standard InChI is InChI=1S/C16H23N5O2/c1-13-5-6-15(22)21(19-13)10-9-20-8-3-2-4-14(20)12-18-16-17-7-11-23-16/h5-7,11,14H,2-4,8-10,12H2,1H3,(H,17,18). The first-order valence-electron chi connectivity index (χ1n) is 8.14. The van der Waals surface area contributed by atoms with E-state index < -0.39 is 0 Å². The third kappa shape index (κ3) is 4.19. The first-order chi connectivity index (χ1) is 11.2. The zero-order valence-corrected chi connectivity index (χ0v) is 13.4. The van der Waals surface area contributed by atoms with Crippen LogP contribution in [0.3, 0.4) is 0 Å². The molecule has 0 amide bonds. The van der Waals surface area contributed by atoms with Crippen LogP contribution in [0.5, 0.6) is 0 Å². The zero-order chi connectivity index (χ0) is 16.1. The number of rotatable bonds is 6. The van der Waals surface area contributed by atoms with Gasteiger partial charge in [0.05, 0.1) is 18.4 Å². The maximum Gasteiger partial charge on any atom is 0.294 e. The Kier molecular flexibility index (Phi) is 5.07. The van der Waals surface area contributed by atoms with E-state index in [2.05, 4.69) is 20.3 Å². The molecule has 0 saturated carbocycles. The summed E-state index contributed by atoms with van der Waals surface area (Å²) in [7, 11) is 0. The molecule has 1 aliphatic rings. The molecule has 2 aromatic heterocycles. The Hall–Kier alpha value is -2.15. The van der Waals surface area contributed by atoms with Crippen LogP contribution in [-0.4, -0.2) is 45.3 Å². The van der Waals surface area contributed by atoms with Gasteiger partial charge in [-0.25, -0.2) is 9.67 Å². The van der Waals surface area contributed by atoms with Gasteiger partial charge in [-0.3, -0.25) is 9.69 Å². The third-order valence-corrected chi connectivity index (χ3v) is 4.27. The lowest BCUT2D eigenvalue weighted by atomic mass is 10.0. The molecule has 0 aromatic carbocycles. The molecule has 1 fully saturated rings. The summed E-state index contributed by atoms with van der Waals surface area (Å²) >= 11 is 0. The van der Waals surface area contributed by atoms with E-state index in [9.17, 15) is 4.79 Å². The van der Waals surface area contributed by atoms with Gasteiger partial charge in [0.15, 0.2) is 0 Å². The van der Waals surface area contributed by atoms with Crippen molar-refractivity contribution < 1.29 is 4.42 Å². The van der Waals surface area contributed by atoms with Gasteiger partial charge in [-0.15, -0.1) is 0 Å². The molecule has 7 heteroatoms. The lowest BCUT2D eigenvalue weighted by Crippen LogP contribution is -2.45. The largest absolute Gasteiger partial charge is 0.432 e. The van der Waals surface area contributed by atoms with Gasteiger partial charge in [0.2, 0.25) is 0 Å². The lowest BCUT2D eigenvalue weighted by molar-refractivity contribution is 0.147. The third-order valence-electron chi connectivity index (χ3n) is 4.27. The van der Waals surface area contributed by atoms with Gasteiger partial charge in [0.25, 0.3) is 11.6 Å². The molecule has 7 nitrogen and oxygen atoms in total. The lowest BCUT2D eigenvalue weighted by Gasteiger charge is -2.35. The van der Waals surface area contributed by atoms with Crippen LogP contribution in [0.1, 0.15) is 25.0 Å². The number of likely N-dealkylation sites (tertiary alicyclic amines) is 1. The van der Waals surface area contributed by atoms with Crippen molar-refractivity contribution in [2.24, 2.45) is 0 Å². The summed E-state index contributed by atoms with van der Waals surface area (Å²) in [5.41, 5.74) is 0.826. The van der Waals surface area contributed by atoms with Gasteiger partial charge in [0.1, 0.15) is 6.26 Å². The number of aryl methyl sites for hydroxylation is 1. The molecule has 124 valence electrons. The molecule has 0 spiro atoms. The smallest absolute Gasteiger partial charge is 0.294 e. The van der Waals surface area contributed by atoms with Crippen LogP contribution in [0.15, 0.2) is 33.8 Å². The molecular formula is C16H23N5O2. The van der Waals surface area contributed by atoms with E-state index in [1.165, 1.54) is 12.8 Å². The number of nitrogens with one attached hydrogen (secondary N) is 1. The SMILES string of the molecule is Cc1ccc(=O)n(CCN2CCCCC2CNc2ncco2)n1. The van der Waals surface area contributed by atoms with Crippen LogP contribution in [0, 0.1) is 6.92 Å². The summed E-state index contributed by atoms with van der Waals surface area (Å²) in [6.07, 6.45) is 6.78. The molecule has 1 atom stereocenters. The fourth-order valence-electron chi connectivity index (χ4n) is 3.04. The summed E-state index contributed by atoms with van der Waals surface area (Å²) in [5, 5.41) is 7.55. The average molecular weight is 317 g/mol. The van der Waals surface area contributed by atoms with Crippen molar-refractivity contribution in [3.8, 4) is 0 Å². The molecule has 1 unspecified atom stereocenters. The molecular weight excluding hydrogens is 294 g/mol. The van der Waals surface area contributed by atoms with Crippen LogP contribution in [0.25, 0.3) is 0 Å². The Balaban J connectivity index is 1.57. The second-order valence-corrected chi connectivity index (χ2v) is 5.94. The van der Waals surface area contributed by atoms with E-state index in [0.29, 0.717) is 18.6 Å². The van der Waals surface area contributed by atoms with Gasteiger partial charge in [-0.1, -0.05) is 6.42 Å². The van der Waals surface area contributed by atoms with Crippen molar-refractivity contribution >= 4 is 6.01 Å². The molecule has 0 radical (unpaired) electrons. The maximum atomic E-state index is 11.9. The minimum absolute atomic E-state index is 0.0398.